The molecule has 0 atom stereocenters. The minimum absolute atomic E-state index is 0.0445. The highest BCUT2D eigenvalue weighted by molar-refractivity contribution is 9.10. The Morgan fingerprint density at radius 1 is 0.457 bits per heavy atom. The van der Waals surface area contributed by atoms with Crippen molar-refractivity contribution in [3.63, 3.8) is 0 Å². The third kappa shape index (κ3) is 2.27. The lowest BCUT2D eigenvalue weighted by molar-refractivity contribution is 1.70. The molecule has 0 fully saturated rings. The maximum absolute atomic E-state index is 13.7. The zero-order chi connectivity index (χ0) is 23.7. The first-order chi connectivity index (χ1) is 17.0. The summed E-state index contributed by atoms with van der Waals surface area (Å²) in [5.41, 5.74) is -0.114. The molecule has 5 heteroatoms. The number of hydrogen-bond donors (Lipinski definition) is 0. The molecule has 0 saturated carbocycles. The van der Waals surface area contributed by atoms with Gasteiger partial charge in [-0.3, -0.25) is 9.59 Å². The minimum atomic E-state index is -0.0696. The second kappa shape index (κ2) is 6.50. The van der Waals surface area contributed by atoms with E-state index in [1.165, 1.54) is 0 Å². The molecule has 0 aliphatic carbocycles. The fourth-order valence-electron chi connectivity index (χ4n) is 6.08. The summed E-state index contributed by atoms with van der Waals surface area (Å²) in [6.07, 6.45) is 0. The van der Waals surface area contributed by atoms with Crippen LogP contribution in [-0.2, 0) is 0 Å². The van der Waals surface area contributed by atoms with Crippen LogP contribution in [0.3, 0.4) is 0 Å². The zero-order valence-electron chi connectivity index (χ0n) is 17.8. The molecule has 8 rings (SSSR count). The van der Waals surface area contributed by atoms with Gasteiger partial charge in [0.2, 0.25) is 0 Å². The van der Waals surface area contributed by atoms with Crippen LogP contribution in [0.1, 0.15) is 0 Å². The molecule has 8 aromatic carbocycles. The summed E-state index contributed by atoms with van der Waals surface area (Å²) in [6.45, 7) is 0. The lowest BCUT2D eigenvalue weighted by Crippen LogP contribution is -2.07. The summed E-state index contributed by atoms with van der Waals surface area (Å²) in [5, 5.41) is 12.3. The molecule has 0 spiro atoms. The van der Waals surface area contributed by atoms with Gasteiger partial charge in [0.25, 0.3) is 0 Å². The summed E-state index contributed by atoms with van der Waals surface area (Å²) < 4.78 is 0.743. The van der Waals surface area contributed by atoms with Gasteiger partial charge in [-0.25, -0.2) is 0 Å². The maximum Gasteiger partial charge on any atom is 0.195 e. The van der Waals surface area contributed by atoms with E-state index in [0.29, 0.717) is 31.6 Å². The summed E-state index contributed by atoms with van der Waals surface area (Å²) in [5.74, 6) is 0. The SMILES string of the molecule is O=c1c2ccccc2c2cc3c(Cl)cc4c(=O)c5c(Br)cccc5c5cc6c(Cl)cc1c2c6c3c45. The van der Waals surface area contributed by atoms with E-state index in [0.717, 1.165) is 58.3 Å². The van der Waals surface area contributed by atoms with Gasteiger partial charge in [-0.1, -0.05) is 75.5 Å². The van der Waals surface area contributed by atoms with Crippen LogP contribution in [0, 0.1) is 0 Å². The van der Waals surface area contributed by atoms with Crippen LogP contribution < -0.4 is 10.9 Å². The van der Waals surface area contributed by atoms with Crippen LogP contribution in [-0.4, -0.2) is 0 Å². The molecule has 35 heavy (non-hydrogen) atoms. The van der Waals surface area contributed by atoms with Crippen molar-refractivity contribution < 1.29 is 0 Å². The molecular formula is C30H11BrCl2O2. The van der Waals surface area contributed by atoms with E-state index in [1.807, 2.05) is 42.5 Å². The third-order valence-electron chi connectivity index (χ3n) is 7.48. The van der Waals surface area contributed by atoms with E-state index in [4.69, 9.17) is 23.2 Å². The molecule has 0 aliphatic heterocycles. The molecule has 164 valence electrons. The van der Waals surface area contributed by atoms with E-state index in [1.54, 1.807) is 12.1 Å². The molecule has 0 saturated heterocycles. The Kier molecular flexibility index (Phi) is 3.71. The number of hydrogen-bond acceptors (Lipinski definition) is 2. The number of fused-ring (bicyclic) bond motifs is 4. The topological polar surface area (TPSA) is 34.1 Å². The van der Waals surface area contributed by atoms with Crippen LogP contribution in [0.25, 0.3) is 75.4 Å². The van der Waals surface area contributed by atoms with Crippen molar-refractivity contribution in [2.75, 3.05) is 0 Å². The van der Waals surface area contributed by atoms with Crippen LogP contribution in [0.2, 0.25) is 10.0 Å². The molecule has 2 nitrogen and oxygen atoms in total. The van der Waals surface area contributed by atoms with Crippen LogP contribution in [0.5, 0.6) is 0 Å². The summed E-state index contributed by atoms with van der Waals surface area (Å²) in [4.78, 5) is 27.3. The van der Waals surface area contributed by atoms with Crippen molar-refractivity contribution >= 4 is 115 Å². The minimum Gasteiger partial charge on any atom is -0.289 e. The van der Waals surface area contributed by atoms with Gasteiger partial charge >= 0.3 is 0 Å². The third-order valence-corrected chi connectivity index (χ3v) is 8.77. The van der Waals surface area contributed by atoms with Crippen LogP contribution >= 0.6 is 39.1 Å². The largest absolute Gasteiger partial charge is 0.289 e. The van der Waals surface area contributed by atoms with E-state index in [9.17, 15) is 9.59 Å². The number of rotatable bonds is 0. The lowest BCUT2D eigenvalue weighted by atomic mass is 9.84. The average Bonchev–Trinajstić information content (AvgIpc) is 2.86. The highest BCUT2D eigenvalue weighted by atomic mass is 79.9. The van der Waals surface area contributed by atoms with Crippen molar-refractivity contribution in [2.24, 2.45) is 0 Å². The van der Waals surface area contributed by atoms with E-state index in [-0.39, 0.29) is 10.9 Å². The van der Waals surface area contributed by atoms with Gasteiger partial charge in [-0.05, 0) is 51.9 Å². The van der Waals surface area contributed by atoms with Crippen molar-refractivity contribution in [1.29, 1.82) is 0 Å². The smallest absolute Gasteiger partial charge is 0.195 e. The quantitative estimate of drug-likeness (QED) is 0.139. The Balaban J connectivity index is 1.84. The first-order valence-corrected chi connectivity index (χ1v) is 12.7. The summed E-state index contributed by atoms with van der Waals surface area (Å²) in [7, 11) is 0. The van der Waals surface area contributed by atoms with Gasteiger partial charge in [0, 0.05) is 68.4 Å². The fraction of sp³-hybridized carbons (Fsp3) is 0. The maximum atomic E-state index is 13.7. The van der Waals surface area contributed by atoms with Crippen molar-refractivity contribution in [2.45, 2.75) is 0 Å². The Bertz CT molecular complexity index is 2340. The monoisotopic (exact) mass is 552 g/mol. The molecule has 0 amide bonds. The number of halogens is 3. The molecule has 0 heterocycles. The second-order valence-electron chi connectivity index (χ2n) is 9.12. The molecule has 0 aliphatic rings. The first kappa shape index (κ1) is 20.0. The molecule has 0 aromatic heterocycles. The number of benzene rings is 8. The van der Waals surface area contributed by atoms with Gasteiger partial charge in [-0.15, -0.1) is 0 Å². The van der Waals surface area contributed by atoms with Gasteiger partial charge in [0.1, 0.15) is 0 Å². The Hall–Kier alpha value is -3.24. The summed E-state index contributed by atoms with van der Waals surface area (Å²) in [6, 6.07) is 21.1. The first-order valence-electron chi connectivity index (χ1n) is 11.1. The van der Waals surface area contributed by atoms with E-state index in [2.05, 4.69) is 28.1 Å². The molecule has 0 N–H and O–H groups in total. The normalized spacial score (nSPS) is 12.7. The van der Waals surface area contributed by atoms with Gasteiger partial charge in [-0.2, -0.15) is 0 Å². The zero-order valence-corrected chi connectivity index (χ0v) is 20.9. The van der Waals surface area contributed by atoms with Gasteiger partial charge < -0.3 is 0 Å². The van der Waals surface area contributed by atoms with Gasteiger partial charge in [0.15, 0.2) is 10.9 Å². The van der Waals surface area contributed by atoms with E-state index >= 15 is 0 Å². The molecule has 0 unspecified atom stereocenters. The van der Waals surface area contributed by atoms with Gasteiger partial charge in [0.05, 0.1) is 0 Å². The predicted molar refractivity (Wildman–Crippen MR) is 153 cm³/mol. The average molecular weight is 554 g/mol. The fourth-order valence-corrected chi connectivity index (χ4v) is 7.15. The standard InChI is InChI=1S/C30H11BrCl2O2/c31-21-7-3-6-13-16-9-18-22(32)10-19-24-15(12-4-1-2-5-14(12)29(19)34)8-17-23(33)11-20(30(35)26(13)21)25(16)28(17)27(18)24/h1-11H. The highest BCUT2D eigenvalue weighted by Crippen LogP contribution is 2.49. The second-order valence-corrected chi connectivity index (χ2v) is 10.8. The van der Waals surface area contributed by atoms with E-state index < -0.39 is 0 Å². The molecule has 8 aromatic rings. The highest BCUT2D eigenvalue weighted by Gasteiger charge is 2.24. The predicted octanol–water partition coefficient (Wildman–Crippen LogP) is 8.86. The Labute approximate surface area is 215 Å². The summed E-state index contributed by atoms with van der Waals surface area (Å²) >= 11 is 17.4. The van der Waals surface area contributed by atoms with Crippen LogP contribution in [0.4, 0.5) is 0 Å². The molecule has 0 bridgehead atoms. The molecular weight excluding hydrogens is 543 g/mol. The lowest BCUT2D eigenvalue weighted by Gasteiger charge is -2.20. The van der Waals surface area contributed by atoms with Crippen molar-refractivity contribution in [3.8, 4) is 0 Å². The van der Waals surface area contributed by atoms with Crippen molar-refractivity contribution in [1.82, 2.24) is 0 Å². The Morgan fingerprint density at radius 3 is 1.66 bits per heavy atom. The van der Waals surface area contributed by atoms with Crippen LogP contribution in [0.15, 0.2) is 80.8 Å². The Morgan fingerprint density at radius 2 is 1.00 bits per heavy atom. The van der Waals surface area contributed by atoms with Crippen molar-refractivity contribution in [3.05, 3.63) is 102 Å². The molecule has 0 radical (unpaired) electrons.